The highest BCUT2D eigenvalue weighted by molar-refractivity contribution is 5.93. The fraction of sp³-hybridized carbons (Fsp3) is 0.400. The number of nitrogens with one attached hydrogen (secondary N) is 2. The molecular formula is C20H23N3O3. The van der Waals surface area contributed by atoms with Crippen molar-refractivity contribution in [2.45, 2.75) is 44.7 Å². The van der Waals surface area contributed by atoms with E-state index in [-0.39, 0.29) is 12.7 Å². The lowest BCUT2D eigenvalue weighted by atomic mass is 9.95. The topological polar surface area (TPSA) is 72.5 Å². The molecule has 1 aromatic carbocycles. The summed E-state index contributed by atoms with van der Waals surface area (Å²) in [5, 5.41) is 6.44. The van der Waals surface area contributed by atoms with Crippen molar-refractivity contribution in [3.63, 3.8) is 0 Å². The molecule has 1 aliphatic carbocycles. The number of ether oxygens (including phenoxy) is 2. The van der Waals surface area contributed by atoms with Crippen molar-refractivity contribution in [2.24, 2.45) is 0 Å². The van der Waals surface area contributed by atoms with Crippen LogP contribution in [0.3, 0.4) is 0 Å². The molecule has 2 N–H and O–H groups in total. The maximum Gasteiger partial charge on any atom is 0.270 e. The molecule has 1 fully saturated rings. The molecule has 0 saturated heterocycles. The highest BCUT2D eigenvalue weighted by Crippen LogP contribution is 2.32. The zero-order valence-electron chi connectivity index (χ0n) is 14.7. The standard InChI is InChI=1S/C20H23N3O3/c24-20(22-12-14-6-7-18-19(10-14)26-13-25-18)17-11-16(8-9-21-17)23-15-4-2-1-3-5-15/h6-11,15H,1-5,12-13H2,(H,21,23)(H,22,24). The highest BCUT2D eigenvalue weighted by atomic mass is 16.7. The summed E-state index contributed by atoms with van der Waals surface area (Å²) >= 11 is 0. The van der Waals surface area contributed by atoms with Gasteiger partial charge in [-0.25, -0.2) is 0 Å². The SMILES string of the molecule is O=C(NCc1ccc2c(c1)OCO2)c1cc(NC2CCCCC2)ccn1. The molecule has 1 aliphatic heterocycles. The van der Waals surface area contributed by atoms with E-state index in [2.05, 4.69) is 15.6 Å². The van der Waals surface area contributed by atoms with Crippen LogP contribution in [-0.2, 0) is 6.54 Å². The van der Waals surface area contributed by atoms with Crippen LogP contribution in [0.5, 0.6) is 11.5 Å². The Morgan fingerprint density at radius 2 is 1.92 bits per heavy atom. The Kier molecular flexibility index (Phi) is 4.91. The molecule has 26 heavy (non-hydrogen) atoms. The fourth-order valence-corrected chi connectivity index (χ4v) is 3.45. The monoisotopic (exact) mass is 353 g/mol. The first kappa shape index (κ1) is 16.7. The van der Waals surface area contributed by atoms with Gasteiger partial charge in [-0.2, -0.15) is 0 Å². The maximum atomic E-state index is 12.4. The molecule has 6 nitrogen and oxygen atoms in total. The van der Waals surface area contributed by atoms with Gasteiger partial charge in [-0.15, -0.1) is 0 Å². The molecular weight excluding hydrogens is 330 g/mol. The molecule has 2 heterocycles. The third kappa shape index (κ3) is 3.90. The van der Waals surface area contributed by atoms with Gasteiger partial charge in [0.2, 0.25) is 6.79 Å². The maximum absolute atomic E-state index is 12.4. The predicted molar refractivity (Wildman–Crippen MR) is 98.5 cm³/mol. The summed E-state index contributed by atoms with van der Waals surface area (Å²) in [5.41, 5.74) is 2.34. The summed E-state index contributed by atoms with van der Waals surface area (Å²) < 4.78 is 10.7. The Labute approximate surface area is 152 Å². The van der Waals surface area contributed by atoms with Crippen molar-refractivity contribution >= 4 is 11.6 Å². The van der Waals surface area contributed by atoms with Gasteiger partial charge in [0.15, 0.2) is 11.5 Å². The van der Waals surface area contributed by atoms with Crippen LogP contribution in [0.25, 0.3) is 0 Å². The van der Waals surface area contributed by atoms with Crippen molar-refractivity contribution in [1.82, 2.24) is 10.3 Å². The molecule has 2 aliphatic rings. The summed E-state index contributed by atoms with van der Waals surface area (Å²) in [6, 6.07) is 9.90. The number of anilines is 1. The number of nitrogens with zero attached hydrogens (tertiary/aromatic N) is 1. The van der Waals surface area contributed by atoms with Crippen molar-refractivity contribution in [2.75, 3.05) is 12.1 Å². The number of fused-ring (bicyclic) bond motifs is 1. The minimum Gasteiger partial charge on any atom is -0.454 e. The van der Waals surface area contributed by atoms with Crippen molar-refractivity contribution in [3.05, 3.63) is 47.8 Å². The summed E-state index contributed by atoms with van der Waals surface area (Å²) in [4.78, 5) is 16.6. The number of pyridine rings is 1. The Morgan fingerprint density at radius 1 is 1.08 bits per heavy atom. The van der Waals surface area contributed by atoms with E-state index < -0.39 is 0 Å². The third-order valence-electron chi connectivity index (χ3n) is 4.86. The second kappa shape index (κ2) is 7.64. The smallest absolute Gasteiger partial charge is 0.270 e. The molecule has 0 atom stereocenters. The van der Waals surface area contributed by atoms with Crippen molar-refractivity contribution < 1.29 is 14.3 Å². The van der Waals surface area contributed by atoms with Crippen LogP contribution in [0.4, 0.5) is 5.69 Å². The van der Waals surface area contributed by atoms with E-state index in [0.717, 1.165) is 17.0 Å². The normalized spacial score (nSPS) is 16.3. The molecule has 1 amide bonds. The van der Waals surface area contributed by atoms with Gasteiger partial charge >= 0.3 is 0 Å². The van der Waals surface area contributed by atoms with Crippen LogP contribution in [-0.4, -0.2) is 23.7 Å². The molecule has 1 saturated carbocycles. The van der Waals surface area contributed by atoms with Gasteiger partial charge in [0, 0.05) is 24.5 Å². The second-order valence-corrected chi connectivity index (χ2v) is 6.78. The molecule has 2 aromatic rings. The summed E-state index contributed by atoms with van der Waals surface area (Å²) in [6.07, 6.45) is 7.92. The minimum absolute atomic E-state index is 0.185. The number of rotatable bonds is 5. The number of benzene rings is 1. The van der Waals surface area contributed by atoms with Crippen LogP contribution in [0.2, 0.25) is 0 Å². The fourth-order valence-electron chi connectivity index (χ4n) is 3.45. The van der Waals surface area contributed by atoms with Gasteiger partial charge in [-0.05, 0) is 42.7 Å². The Balaban J connectivity index is 1.36. The summed E-state index contributed by atoms with van der Waals surface area (Å²) in [6.45, 7) is 0.660. The summed E-state index contributed by atoms with van der Waals surface area (Å²) in [5.74, 6) is 1.27. The minimum atomic E-state index is -0.185. The van der Waals surface area contributed by atoms with Gasteiger partial charge in [0.05, 0.1) is 0 Å². The highest BCUT2D eigenvalue weighted by Gasteiger charge is 2.15. The predicted octanol–water partition coefficient (Wildman–Crippen LogP) is 3.48. The summed E-state index contributed by atoms with van der Waals surface area (Å²) in [7, 11) is 0. The van der Waals surface area contributed by atoms with Gasteiger partial charge in [0.25, 0.3) is 5.91 Å². The first-order valence-corrected chi connectivity index (χ1v) is 9.17. The lowest BCUT2D eigenvalue weighted by Crippen LogP contribution is -2.25. The molecule has 1 aromatic heterocycles. The molecule has 0 bridgehead atoms. The van der Waals surface area contributed by atoms with Crippen molar-refractivity contribution in [1.29, 1.82) is 0 Å². The zero-order valence-corrected chi connectivity index (χ0v) is 14.7. The third-order valence-corrected chi connectivity index (χ3v) is 4.86. The largest absolute Gasteiger partial charge is 0.454 e. The van der Waals surface area contributed by atoms with E-state index in [9.17, 15) is 4.79 Å². The lowest BCUT2D eigenvalue weighted by molar-refractivity contribution is 0.0946. The second-order valence-electron chi connectivity index (χ2n) is 6.78. The van der Waals surface area contributed by atoms with E-state index in [4.69, 9.17) is 9.47 Å². The van der Waals surface area contributed by atoms with E-state index >= 15 is 0 Å². The van der Waals surface area contributed by atoms with Crippen molar-refractivity contribution in [3.8, 4) is 11.5 Å². The first-order valence-electron chi connectivity index (χ1n) is 9.17. The number of carbonyl (C=O) groups excluding carboxylic acids is 1. The van der Waals surface area contributed by atoms with Gasteiger partial charge in [-0.1, -0.05) is 25.3 Å². The quantitative estimate of drug-likeness (QED) is 0.861. The average Bonchev–Trinajstić information content (AvgIpc) is 3.15. The van der Waals surface area contributed by atoms with E-state index in [1.807, 2.05) is 30.3 Å². The van der Waals surface area contributed by atoms with Gasteiger partial charge < -0.3 is 20.1 Å². The Hall–Kier alpha value is -2.76. The average molecular weight is 353 g/mol. The lowest BCUT2D eigenvalue weighted by Gasteiger charge is -2.23. The first-order chi connectivity index (χ1) is 12.8. The van der Waals surface area contributed by atoms with E-state index in [1.165, 1.54) is 32.1 Å². The van der Waals surface area contributed by atoms with Gasteiger partial charge in [0.1, 0.15) is 5.69 Å². The Bertz CT molecular complexity index is 788. The molecule has 0 unspecified atom stereocenters. The van der Waals surface area contributed by atoms with E-state index in [0.29, 0.717) is 24.0 Å². The number of hydrogen-bond acceptors (Lipinski definition) is 5. The molecule has 0 spiro atoms. The van der Waals surface area contributed by atoms with E-state index in [1.54, 1.807) is 6.20 Å². The van der Waals surface area contributed by atoms with Crippen LogP contribution >= 0.6 is 0 Å². The van der Waals surface area contributed by atoms with Crippen LogP contribution in [0, 0.1) is 0 Å². The molecule has 136 valence electrons. The number of aromatic nitrogens is 1. The zero-order chi connectivity index (χ0) is 17.8. The van der Waals surface area contributed by atoms with Crippen LogP contribution in [0.15, 0.2) is 36.5 Å². The Morgan fingerprint density at radius 3 is 2.81 bits per heavy atom. The number of hydrogen-bond donors (Lipinski definition) is 2. The van der Waals surface area contributed by atoms with Crippen LogP contribution in [0.1, 0.15) is 48.2 Å². The van der Waals surface area contributed by atoms with Gasteiger partial charge in [-0.3, -0.25) is 9.78 Å². The van der Waals surface area contributed by atoms with Crippen LogP contribution < -0.4 is 20.1 Å². The molecule has 4 rings (SSSR count). The number of carbonyl (C=O) groups is 1. The molecule has 0 radical (unpaired) electrons. The molecule has 6 heteroatoms. The number of amides is 1.